The molecule has 0 aromatic heterocycles. The number of methoxy groups -OCH3 is 4. The summed E-state index contributed by atoms with van der Waals surface area (Å²) in [6.45, 7) is 0. The summed E-state index contributed by atoms with van der Waals surface area (Å²) in [5.74, 6) is 2.60. The molecule has 0 radical (unpaired) electrons. The molecule has 4 rings (SSSR count). The predicted molar refractivity (Wildman–Crippen MR) is 117 cm³/mol. The van der Waals surface area contributed by atoms with Crippen molar-refractivity contribution in [1.29, 1.82) is 0 Å². The van der Waals surface area contributed by atoms with Crippen molar-refractivity contribution in [3.8, 4) is 39.9 Å². The van der Waals surface area contributed by atoms with E-state index in [1.54, 1.807) is 27.4 Å². The number of ether oxygens (including phenoxy) is 5. The van der Waals surface area contributed by atoms with Crippen molar-refractivity contribution < 1.29 is 28.5 Å². The lowest BCUT2D eigenvalue weighted by Gasteiger charge is -2.18. The van der Waals surface area contributed by atoms with Crippen LogP contribution in [-0.2, 0) is 17.6 Å². The highest BCUT2D eigenvalue weighted by Gasteiger charge is 2.26. The van der Waals surface area contributed by atoms with Crippen LogP contribution in [-0.4, -0.2) is 34.4 Å². The smallest absolute Gasteiger partial charge is 0.338 e. The summed E-state index contributed by atoms with van der Waals surface area (Å²) in [6.07, 6.45) is 1.50. The van der Waals surface area contributed by atoms with Gasteiger partial charge in [0.1, 0.15) is 5.75 Å². The van der Waals surface area contributed by atoms with Crippen LogP contribution in [0.25, 0.3) is 11.1 Å². The fourth-order valence-corrected chi connectivity index (χ4v) is 3.92. The van der Waals surface area contributed by atoms with Gasteiger partial charge in [0, 0.05) is 5.56 Å². The molecule has 6 heteroatoms. The second-order valence-electron chi connectivity index (χ2n) is 7.10. The van der Waals surface area contributed by atoms with Gasteiger partial charge in [-0.2, -0.15) is 0 Å². The van der Waals surface area contributed by atoms with E-state index >= 15 is 0 Å². The highest BCUT2D eigenvalue weighted by molar-refractivity contribution is 5.97. The number of aryl methyl sites for hydroxylation is 2. The predicted octanol–water partition coefficient (Wildman–Crippen LogP) is 5.06. The normalized spacial score (nSPS) is 12.0. The van der Waals surface area contributed by atoms with Gasteiger partial charge < -0.3 is 23.7 Å². The van der Waals surface area contributed by atoms with Crippen molar-refractivity contribution in [2.24, 2.45) is 0 Å². The zero-order chi connectivity index (χ0) is 22.0. The van der Waals surface area contributed by atoms with Crippen molar-refractivity contribution in [1.82, 2.24) is 0 Å². The van der Waals surface area contributed by atoms with Crippen LogP contribution in [0.1, 0.15) is 21.5 Å². The van der Waals surface area contributed by atoms with E-state index in [-0.39, 0.29) is 5.97 Å². The molecule has 0 atom stereocenters. The summed E-state index contributed by atoms with van der Waals surface area (Å²) < 4.78 is 27.8. The van der Waals surface area contributed by atoms with Gasteiger partial charge in [0.15, 0.2) is 11.5 Å². The van der Waals surface area contributed by atoms with E-state index in [9.17, 15) is 4.79 Å². The lowest BCUT2D eigenvalue weighted by Crippen LogP contribution is -2.03. The second kappa shape index (κ2) is 8.60. The Morgan fingerprint density at radius 3 is 2.29 bits per heavy atom. The van der Waals surface area contributed by atoms with Gasteiger partial charge in [0.05, 0.1) is 34.0 Å². The van der Waals surface area contributed by atoms with E-state index in [2.05, 4.69) is 6.07 Å². The first-order valence-electron chi connectivity index (χ1n) is 9.91. The van der Waals surface area contributed by atoms with Crippen LogP contribution in [0.5, 0.6) is 28.7 Å². The molecular formula is C25H24O6. The van der Waals surface area contributed by atoms with Gasteiger partial charge in [0.2, 0.25) is 11.5 Å². The molecule has 31 heavy (non-hydrogen) atoms. The van der Waals surface area contributed by atoms with Gasteiger partial charge in [-0.15, -0.1) is 0 Å². The number of hydrogen-bond acceptors (Lipinski definition) is 6. The summed E-state index contributed by atoms with van der Waals surface area (Å²) >= 11 is 0. The Morgan fingerprint density at radius 2 is 1.58 bits per heavy atom. The van der Waals surface area contributed by atoms with E-state index in [1.165, 1.54) is 7.11 Å². The quantitative estimate of drug-likeness (QED) is 0.538. The third kappa shape index (κ3) is 3.65. The van der Waals surface area contributed by atoms with Crippen LogP contribution in [0.4, 0.5) is 0 Å². The molecular weight excluding hydrogens is 396 g/mol. The van der Waals surface area contributed by atoms with Crippen molar-refractivity contribution >= 4 is 5.97 Å². The molecule has 0 unspecified atom stereocenters. The Labute approximate surface area is 181 Å². The summed E-state index contributed by atoms with van der Waals surface area (Å²) in [4.78, 5) is 12.2. The highest BCUT2D eigenvalue weighted by atomic mass is 16.5. The van der Waals surface area contributed by atoms with Gasteiger partial charge in [-0.25, -0.2) is 4.79 Å². The third-order valence-electron chi connectivity index (χ3n) is 5.44. The van der Waals surface area contributed by atoms with E-state index in [0.29, 0.717) is 28.6 Å². The van der Waals surface area contributed by atoms with Gasteiger partial charge in [-0.3, -0.25) is 0 Å². The zero-order valence-corrected chi connectivity index (χ0v) is 18.0. The minimum atomic E-state index is -0.363. The van der Waals surface area contributed by atoms with Crippen molar-refractivity contribution in [2.75, 3.05) is 28.4 Å². The van der Waals surface area contributed by atoms with Gasteiger partial charge >= 0.3 is 5.97 Å². The lowest BCUT2D eigenvalue weighted by molar-refractivity contribution is 0.0601. The molecule has 0 spiro atoms. The molecule has 160 valence electrons. The summed E-state index contributed by atoms with van der Waals surface area (Å²) in [5, 5.41) is 0. The van der Waals surface area contributed by atoms with Crippen LogP contribution < -0.4 is 18.9 Å². The number of rotatable bonds is 5. The van der Waals surface area contributed by atoms with Gasteiger partial charge in [-0.1, -0.05) is 24.3 Å². The number of carbonyl (C=O) groups is 1. The van der Waals surface area contributed by atoms with Crippen LogP contribution in [0.2, 0.25) is 0 Å². The topological polar surface area (TPSA) is 63.2 Å². The number of carbonyl (C=O) groups excluding carboxylic acids is 1. The average molecular weight is 420 g/mol. The number of benzene rings is 3. The zero-order valence-electron chi connectivity index (χ0n) is 18.0. The molecule has 1 aliphatic rings. The summed E-state index contributed by atoms with van der Waals surface area (Å²) in [7, 11) is 6.14. The minimum Gasteiger partial charge on any atom is -0.493 e. The van der Waals surface area contributed by atoms with Crippen LogP contribution >= 0.6 is 0 Å². The highest BCUT2D eigenvalue weighted by Crippen LogP contribution is 2.50. The van der Waals surface area contributed by atoms with Gasteiger partial charge in [0.25, 0.3) is 0 Å². The Bertz CT molecular complexity index is 1140. The lowest BCUT2D eigenvalue weighted by atomic mass is 9.96. The number of hydrogen-bond donors (Lipinski definition) is 0. The SMILES string of the molecule is COC(=O)c1ccccc1-c1ccc2c(c1)CCc1cc(OC)c(OC)c(OC)c1O2. The van der Waals surface area contributed by atoms with E-state index in [4.69, 9.17) is 23.7 Å². The minimum absolute atomic E-state index is 0.363. The van der Waals surface area contributed by atoms with E-state index in [1.807, 2.05) is 36.4 Å². The second-order valence-corrected chi connectivity index (χ2v) is 7.10. The maximum atomic E-state index is 12.2. The largest absolute Gasteiger partial charge is 0.493 e. The average Bonchev–Trinajstić information content (AvgIpc) is 3.00. The van der Waals surface area contributed by atoms with Crippen molar-refractivity contribution in [3.63, 3.8) is 0 Å². The van der Waals surface area contributed by atoms with Crippen LogP contribution in [0, 0.1) is 0 Å². The summed E-state index contributed by atoms with van der Waals surface area (Å²) in [5.41, 5.74) is 4.28. The van der Waals surface area contributed by atoms with Gasteiger partial charge in [-0.05, 0) is 53.8 Å². The Hall–Kier alpha value is -3.67. The molecule has 0 amide bonds. The molecule has 1 aliphatic heterocycles. The molecule has 1 heterocycles. The number of fused-ring (bicyclic) bond motifs is 2. The fourth-order valence-electron chi connectivity index (χ4n) is 3.92. The Kier molecular flexibility index (Phi) is 5.71. The monoisotopic (exact) mass is 420 g/mol. The maximum absolute atomic E-state index is 12.2. The van der Waals surface area contributed by atoms with E-state index in [0.717, 1.165) is 40.8 Å². The molecule has 6 nitrogen and oxygen atoms in total. The Balaban J connectivity index is 1.78. The first-order valence-corrected chi connectivity index (χ1v) is 9.91. The molecule has 0 N–H and O–H groups in total. The van der Waals surface area contributed by atoms with E-state index < -0.39 is 0 Å². The number of esters is 1. The third-order valence-corrected chi connectivity index (χ3v) is 5.44. The van der Waals surface area contributed by atoms with Crippen LogP contribution in [0.15, 0.2) is 48.5 Å². The standard InChI is InChI=1S/C25H24O6/c1-27-21-14-17-10-9-16-13-15(18-7-5-6-8-19(18)25(26)30-4)11-12-20(16)31-22(17)24(29-3)23(21)28-2/h5-8,11-14H,9-10H2,1-4H3. The fraction of sp³-hybridized carbons (Fsp3) is 0.240. The first-order chi connectivity index (χ1) is 15.1. The first kappa shape index (κ1) is 20.6. The van der Waals surface area contributed by atoms with Crippen molar-refractivity contribution in [2.45, 2.75) is 12.8 Å². The molecule has 0 bridgehead atoms. The molecule has 3 aromatic carbocycles. The molecule has 0 saturated carbocycles. The molecule has 0 aliphatic carbocycles. The Morgan fingerprint density at radius 1 is 0.839 bits per heavy atom. The maximum Gasteiger partial charge on any atom is 0.338 e. The van der Waals surface area contributed by atoms with Crippen LogP contribution in [0.3, 0.4) is 0 Å². The van der Waals surface area contributed by atoms with Crippen molar-refractivity contribution in [3.05, 3.63) is 65.2 Å². The summed E-state index contributed by atoms with van der Waals surface area (Å²) in [6, 6.07) is 15.3. The molecule has 0 saturated heterocycles. The molecule has 3 aromatic rings. The molecule has 0 fully saturated rings.